The molecular formula is C25H27N7O2. The van der Waals surface area contributed by atoms with Crippen molar-refractivity contribution < 1.29 is 0 Å². The third-order valence-electron chi connectivity index (χ3n) is 6.36. The number of hydrogen-bond acceptors (Lipinski definition) is 6. The van der Waals surface area contributed by atoms with Crippen LogP contribution in [0.3, 0.4) is 0 Å². The molecule has 0 unspecified atom stereocenters. The van der Waals surface area contributed by atoms with Crippen LogP contribution < -0.4 is 16.1 Å². The van der Waals surface area contributed by atoms with Gasteiger partial charge in [-0.25, -0.2) is 14.8 Å². The van der Waals surface area contributed by atoms with Gasteiger partial charge in [-0.2, -0.15) is 4.98 Å². The molecule has 9 heteroatoms. The number of nitrogens with zero attached hydrogens (tertiary/aromatic N) is 6. The van der Waals surface area contributed by atoms with E-state index in [1.807, 2.05) is 35.8 Å². The molecule has 1 N–H and O–H groups in total. The molecule has 174 valence electrons. The Hall–Kier alpha value is -3.93. The monoisotopic (exact) mass is 457 g/mol. The fourth-order valence-electron chi connectivity index (χ4n) is 4.70. The highest BCUT2D eigenvalue weighted by Gasteiger charge is 2.25. The van der Waals surface area contributed by atoms with Crippen LogP contribution in [0.4, 0.5) is 5.95 Å². The first-order chi connectivity index (χ1) is 16.5. The largest absolute Gasteiger partial charge is 0.342 e. The normalized spacial score (nSPS) is 16.1. The Morgan fingerprint density at radius 2 is 1.97 bits per heavy atom. The molecule has 0 spiro atoms. The first kappa shape index (κ1) is 21.9. The summed E-state index contributed by atoms with van der Waals surface area (Å²) in [5, 5.41) is 0.944. The molecule has 1 aliphatic heterocycles. The number of aromatic nitrogens is 6. The van der Waals surface area contributed by atoms with Crippen molar-refractivity contribution >= 4 is 28.0 Å². The number of piperidine rings is 1. The number of rotatable bonds is 4. The van der Waals surface area contributed by atoms with Gasteiger partial charge in [0.25, 0.3) is 5.56 Å². The number of para-hydroxylation sites is 1. The lowest BCUT2D eigenvalue weighted by molar-refractivity contribution is 0.439. The third kappa shape index (κ3) is 3.85. The molecule has 0 radical (unpaired) electrons. The molecule has 0 amide bonds. The average Bonchev–Trinajstić information content (AvgIpc) is 3.18. The smallest absolute Gasteiger partial charge is 0.330 e. The van der Waals surface area contributed by atoms with Gasteiger partial charge in [0.05, 0.1) is 18.6 Å². The summed E-state index contributed by atoms with van der Waals surface area (Å²) in [6.45, 7) is 7.87. The maximum atomic E-state index is 13.6. The van der Waals surface area contributed by atoms with Crippen LogP contribution in [-0.2, 0) is 13.1 Å². The molecule has 4 heterocycles. The summed E-state index contributed by atoms with van der Waals surface area (Å²) in [5.74, 6) is 7.57. The van der Waals surface area contributed by atoms with Crippen molar-refractivity contribution in [2.24, 2.45) is 5.92 Å². The van der Waals surface area contributed by atoms with Crippen LogP contribution in [0, 0.1) is 24.7 Å². The van der Waals surface area contributed by atoms with Crippen LogP contribution >= 0.6 is 0 Å². The summed E-state index contributed by atoms with van der Waals surface area (Å²) in [6.07, 6.45) is 2.23. The van der Waals surface area contributed by atoms with Crippen molar-refractivity contribution in [2.45, 2.75) is 46.7 Å². The zero-order chi connectivity index (χ0) is 23.8. The Morgan fingerprint density at radius 3 is 2.76 bits per heavy atom. The number of fused-ring (bicyclic) bond motifs is 2. The van der Waals surface area contributed by atoms with Gasteiger partial charge in [-0.3, -0.25) is 18.9 Å². The van der Waals surface area contributed by atoms with Gasteiger partial charge in [0.15, 0.2) is 11.2 Å². The lowest BCUT2D eigenvalue weighted by Crippen LogP contribution is -2.37. The van der Waals surface area contributed by atoms with Crippen LogP contribution in [0.25, 0.3) is 22.1 Å². The van der Waals surface area contributed by atoms with Gasteiger partial charge in [-0.1, -0.05) is 31.0 Å². The van der Waals surface area contributed by atoms with Crippen molar-refractivity contribution in [1.82, 2.24) is 29.1 Å². The Morgan fingerprint density at radius 1 is 1.15 bits per heavy atom. The number of aryl methyl sites for hydroxylation is 1. The van der Waals surface area contributed by atoms with Gasteiger partial charge < -0.3 is 4.90 Å². The number of H-pyrrole nitrogens is 1. The van der Waals surface area contributed by atoms with E-state index in [9.17, 15) is 9.59 Å². The van der Waals surface area contributed by atoms with E-state index in [4.69, 9.17) is 0 Å². The Kier molecular flexibility index (Phi) is 5.65. The van der Waals surface area contributed by atoms with Gasteiger partial charge >= 0.3 is 5.69 Å². The van der Waals surface area contributed by atoms with Crippen LogP contribution in [0.2, 0.25) is 0 Å². The van der Waals surface area contributed by atoms with E-state index in [0.29, 0.717) is 29.8 Å². The molecule has 34 heavy (non-hydrogen) atoms. The Labute approximate surface area is 196 Å². The second-order valence-electron chi connectivity index (χ2n) is 8.88. The number of benzene rings is 1. The average molecular weight is 458 g/mol. The van der Waals surface area contributed by atoms with Crippen molar-refractivity contribution in [3.8, 4) is 11.8 Å². The highest BCUT2D eigenvalue weighted by molar-refractivity contribution is 5.80. The number of nitrogens with one attached hydrogen (secondary N) is 1. The standard InChI is InChI=1S/C25H27N7O2/c1-4-5-13-31-21-22(28-24(31)30-12-8-9-16(2)14-30)29-25(34)32(23(21)33)15-20-26-17(3)18-10-6-7-11-19(18)27-20/h6-7,10-11,16H,8-9,12-15H2,1-3H3,(H,29,34)/t16-/m1/s1. The summed E-state index contributed by atoms with van der Waals surface area (Å²) in [7, 11) is 0. The van der Waals surface area contributed by atoms with E-state index < -0.39 is 11.2 Å². The molecule has 5 rings (SSSR count). The number of anilines is 1. The van der Waals surface area contributed by atoms with Crippen LogP contribution in [0.1, 0.15) is 38.2 Å². The number of imidazole rings is 1. The van der Waals surface area contributed by atoms with Crippen molar-refractivity contribution in [2.75, 3.05) is 18.0 Å². The van der Waals surface area contributed by atoms with E-state index in [0.717, 1.165) is 40.7 Å². The topological polar surface area (TPSA) is 102 Å². The second kappa shape index (κ2) is 8.78. The lowest BCUT2D eigenvalue weighted by Gasteiger charge is -2.31. The maximum absolute atomic E-state index is 13.6. The minimum absolute atomic E-state index is 0.0313. The van der Waals surface area contributed by atoms with E-state index in [1.165, 1.54) is 6.42 Å². The SMILES string of the molecule is CC#CCn1c(N2CCC[C@@H](C)C2)nc2[nH]c(=O)n(Cc3nc(C)c4ccccc4n3)c(=O)c21. The van der Waals surface area contributed by atoms with Crippen LogP contribution in [0.15, 0.2) is 33.9 Å². The first-order valence-corrected chi connectivity index (χ1v) is 11.6. The summed E-state index contributed by atoms with van der Waals surface area (Å²) in [6, 6.07) is 7.69. The maximum Gasteiger partial charge on any atom is 0.330 e. The fourth-order valence-corrected chi connectivity index (χ4v) is 4.70. The molecule has 1 aromatic carbocycles. The number of hydrogen-bond donors (Lipinski definition) is 1. The van der Waals surface area contributed by atoms with Crippen LogP contribution in [0.5, 0.6) is 0 Å². The zero-order valence-electron chi connectivity index (χ0n) is 19.6. The summed E-state index contributed by atoms with van der Waals surface area (Å²) >= 11 is 0. The zero-order valence-corrected chi connectivity index (χ0v) is 19.6. The number of aromatic amines is 1. The molecular weight excluding hydrogens is 430 g/mol. The quantitative estimate of drug-likeness (QED) is 0.473. The predicted molar refractivity (Wildman–Crippen MR) is 132 cm³/mol. The second-order valence-corrected chi connectivity index (χ2v) is 8.88. The van der Waals surface area contributed by atoms with Gasteiger partial charge in [0.1, 0.15) is 5.82 Å². The molecule has 0 aliphatic carbocycles. The minimum Gasteiger partial charge on any atom is -0.342 e. The first-order valence-electron chi connectivity index (χ1n) is 11.6. The molecule has 0 saturated carbocycles. The van der Waals surface area contributed by atoms with Crippen molar-refractivity contribution in [1.29, 1.82) is 0 Å². The molecule has 1 atom stereocenters. The molecule has 0 bridgehead atoms. The van der Waals surface area contributed by atoms with E-state index in [2.05, 4.69) is 43.6 Å². The van der Waals surface area contributed by atoms with Crippen molar-refractivity contribution in [3.05, 3.63) is 56.6 Å². The Balaban J connectivity index is 1.64. The summed E-state index contributed by atoms with van der Waals surface area (Å²) in [5.41, 5.74) is 1.25. The lowest BCUT2D eigenvalue weighted by atomic mass is 10.0. The van der Waals surface area contributed by atoms with Crippen molar-refractivity contribution in [3.63, 3.8) is 0 Å². The molecule has 4 aromatic rings. The third-order valence-corrected chi connectivity index (χ3v) is 6.36. The van der Waals surface area contributed by atoms with Gasteiger partial charge in [-0.05, 0) is 38.7 Å². The van der Waals surface area contributed by atoms with E-state index >= 15 is 0 Å². The fraction of sp³-hybridized carbons (Fsp3) is 0.400. The highest BCUT2D eigenvalue weighted by atomic mass is 16.2. The van der Waals surface area contributed by atoms with Gasteiger partial charge in [0, 0.05) is 24.2 Å². The molecule has 1 aliphatic rings. The van der Waals surface area contributed by atoms with Gasteiger partial charge in [-0.15, -0.1) is 5.92 Å². The molecule has 9 nitrogen and oxygen atoms in total. The van der Waals surface area contributed by atoms with E-state index in [-0.39, 0.29) is 12.2 Å². The molecule has 3 aromatic heterocycles. The Bertz CT molecular complexity index is 1570. The minimum atomic E-state index is -0.531. The highest BCUT2D eigenvalue weighted by Crippen LogP contribution is 2.24. The molecule has 1 saturated heterocycles. The van der Waals surface area contributed by atoms with Gasteiger partial charge in [0.2, 0.25) is 5.95 Å². The summed E-state index contributed by atoms with van der Waals surface area (Å²) < 4.78 is 2.97. The van der Waals surface area contributed by atoms with E-state index in [1.54, 1.807) is 6.92 Å². The van der Waals surface area contributed by atoms with Crippen LogP contribution in [-0.4, -0.2) is 42.2 Å². The summed E-state index contributed by atoms with van der Waals surface area (Å²) in [4.78, 5) is 45.3. The predicted octanol–water partition coefficient (Wildman–Crippen LogP) is 2.45. The molecule has 1 fully saturated rings.